The van der Waals surface area contributed by atoms with Crippen LogP contribution < -0.4 is 10.1 Å². The third-order valence-corrected chi connectivity index (χ3v) is 3.44. The number of guanidine groups is 1. The molecular formula is C16H25IN6O. The molecule has 0 aliphatic rings. The number of aliphatic imine (C=N–C) groups is 1. The molecule has 0 atom stereocenters. The molecule has 1 aromatic heterocycles. The van der Waals surface area contributed by atoms with Gasteiger partial charge < -0.3 is 15.0 Å². The minimum Gasteiger partial charge on any atom is -0.494 e. The number of halogens is 1. The lowest BCUT2D eigenvalue weighted by molar-refractivity contribution is 0.340. The smallest absolute Gasteiger partial charge is 0.194 e. The third-order valence-electron chi connectivity index (χ3n) is 3.44. The van der Waals surface area contributed by atoms with Crippen molar-refractivity contribution in [1.82, 2.24) is 25.0 Å². The van der Waals surface area contributed by atoms with E-state index in [1.165, 1.54) is 5.56 Å². The van der Waals surface area contributed by atoms with Crippen LogP contribution in [-0.4, -0.2) is 46.3 Å². The van der Waals surface area contributed by atoms with Gasteiger partial charge in [-0.2, -0.15) is 5.10 Å². The fourth-order valence-electron chi connectivity index (χ4n) is 2.23. The summed E-state index contributed by atoms with van der Waals surface area (Å²) in [7, 11) is 5.65. The van der Waals surface area contributed by atoms with Gasteiger partial charge in [-0.05, 0) is 24.6 Å². The molecular weight excluding hydrogens is 419 g/mol. The van der Waals surface area contributed by atoms with E-state index in [1.807, 2.05) is 33.2 Å². The highest BCUT2D eigenvalue weighted by Gasteiger charge is 2.08. The first-order valence-electron chi connectivity index (χ1n) is 7.60. The van der Waals surface area contributed by atoms with Crippen molar-refractivity contribution < 1.29 is 4.74 Å². The van der Waals surface area contributed by atoms with Gasteiger partial charge in [0.1, 0.15) is 17.9 Å². The summed E-state index contributed by atoms with van der Waals surface area (Å²) in [5.74, 6) is 2.56. The summed E-state index contributed by atoms with van der Waals surface area (Å²) >= 11 is 0. The molecule has 7 nitrogen and oxygen atoms in total. The maximum Gasteiger partial charge on any atom is 0.194 e. The Kier molecular flexibility index (Phi) is 8.51. The number of hydrogen-bond donors (Lipinski definition) is 1. The summed E-state index contributed by atoms with van der Waals surface area (Å²) < 4.78 is 7.20. The SMILES string of the molecule is CCOc1ccc(CN(C)C(=NC)NCc2ncnn2C)cc1.I. The normalized spacial score (nSPS) is 10.9. The van der Waals surface area contributed by atoms with E-state index in [4.69, 9.17) is 4.74 Å². The van der Waals surface area contributed by atoms with Gasteiger partial charge in [0.05, 0.1) is 13.2 Å². The van der Waals surface area contributed by atoms with Crippen molar-refractivity contribution in [3.05, 3.63) is 42.0 Å². The van der Waals surface area contributed by atoms with Crippen LogP contribution in [0.3, 0.4) is 0 Å². The zero-order chi connectivity index (χ0) is 16.7. The standard InChI is InChI=1S/C16H24N6O.HI/c1-5-23-14-8-6-13(7-9-14)11-21(3)16(17-2)18-10-15-19-12-20-22(15)4;/h6-9,12H,5,10-11H2,1-4H3,(H,17,18);1H. The summed E-state index contributed by atoms with van der Waals surface area (Å²) in [5.41, 5.74) is 1.19. The molecule has 1 N–H and O–H groups in total. The number of rotatable bonds is 6. The van der Waals surface area contributed by atoms with Gasteiger partial charge in [-0.3, -0.25) is 9.67 Å². The van der Waals surface area contributed by atoms with Crippen LogP contribution in [0.5, 0.6) is 5.75 Å². The van der Waals surface area contributed by atoms with E-state index in [1.54, 1.807) is 18.1 Å². The minimum absolute atomic E-state index is 0. The highest BCUT2D eigenvalue weighted by atomic mass is 127. The number of nitrogens with one attached hydrogen (secondary N) is 1. The molecule has 0 saturated carbocycles. The van der Waals surface area contributed by atoms with Crippen molar-refractivity contribution in [3.8, 4) is 5.75 Å². The summed E-state index contributed by atoms with van der Waals surface area (Å²) in [4.78, 5) is 10.6. The van der Waals surface area contributed by atoms with E-state index in [9.17, 15) is 0 Å². The van der Waals surface area contributed by atoms with E-state index in [0.29, 0.717) is 13.2 Å². The molecule has 2 rings (SSSR count). The average molecular weight is 444 g/mol. The van der Waals surface area contributed by atoms with Crippen LogP contribution >= 0.6 is 24.0 Å². The van der Waals surface area contributed by atoms with Gasteiger partial charge in [-0.15, -0.1) is 24.0 Å². The molecule has 0 amide bonds. The lowest BCUT2D eigenvalue weighted by Crippen LogP contribution is -2.38. The molecule has 2 aromatic rings. The van der Waals surface area contributed by atoms with Gasteiger partial charge >= 0.3 is 0 Å². The zero-order valence-corrected chi connectivity index (χ0v) is 16.9. The van der Waals surface area contributed by atoms with Gasteiger partial charge in [0.2, 0.25) is 0 Å². The Balaban J connectivity index is 0.00000288. The third kappa shape index (κ3) is 5.66. The molecule has 0 saturated heterocycles. The number of ether oxygens (including phenoxy) is 1. The van der Waals surface area contributed by atoms with Crippen LogP contribution in [0.4, 0.5) is 0 Å². The first-order chi connectivity index (χ1) is 11.1. The Morgan fingerprint density at radius 1 is 1.33 bits per heavy atom. The second-order valence-corrected chi connectivity index (χ2v) is 5.13. The Bertz CT molecular complexity index is 640. The molecule has 0 aliphatic heterocycles. The first-order valence-corrected chi connectivity index (χ1v) is 7.60. The Labute approximate surface area is 160 Å². The molecule has 24 heavy (non-hydrogen) atoms. The van der Waals surface area contributed by atoms with Crippen molar-refractivity contribution in [1.29, 1.82) is 0 Å². The van der Waals surface area contributed by atoms with E-state index in [0.717, 1.165) is 24.1 Å². The molecule has 0 aliphatic carbocycles. The van der Waals surface area contributed by atoms with Gasteiger partial charge in [0, 0.05) is 27.7 Å². The van der Waals surface area contributed by atoms with Crippen LogP contribution in [0.25, 0.3) is 0 Å². The molecule has 8 heteroatoms. The number of benzene rings is 1. The van der Waals surface area contributed by atoms with Crippen molar-refractivity contribution in [2.75, 3.05) is 20.7 Å². The number of aryl methyl sites for hydroxylation is 1. The van der Waals surface area contributed by atoms with Crippen molar-refractivity contribution in [2.24, 2.45) is 12.0 Å². The minimum atomic E-state index is 0. The second-order valence-electron chi connectivity index (χ2n) is 5.13. The fraction of sp³-hybridized carbons (Fsp3) is 0.438. The number of nitrogens with zero attached hydrogens (tertiary/aromatic N) is 5. The first kappa shape index (κ1) is 20.2. The highest BCUT2D eigenvalue weighted by Crippen LogP contribution is 2.13. The molecule has 0 bridgehead atoms. The quantitative estimate of drug-likeness (QED) is 0.420. The molecule has 0 radical (unpaired) electrons. The fourth-order valence-corrected chi connectivity index (χ4v) is 2.23. The molecule has 132 valence electrons. The molecule has 0 spiro atoms. The lowest BCUT2D eigenvalue weighted by Gasteiger charge is -2.22. The van der Waals surface area contributed by atoms with E-state index >= 15 is 0 Å². The van der Waals surface area contributed by atoms with Gasteiger partial charge in [0.25, 0.3) is 0 Å². The Hall–Kier alpha value is -1.84. The predicted molar refractivity (Wildman–Crippen MR) is 106 cm³/mol. The maximum absolute atomic E-state index is 5.46. The molecule has 1 heterocycles. The van der Waals surface area contributed by atoms with Gasteiger partial charge in [0.15, 0.2) is 5.96 Å². The van der Waals surface area contributed by atoms with Gasteiger partial charge in [-0.25, -0.2) is 4.98 Å². The number of aromatic nitrogens is 3. The van der Waals surface area contributed by atoms with E-state index in [-0.39, 0.29) is 24.0 Å². The predicted octanol–water partition coefficient (Wildman–Crippen LogP) is 2.04. The van der Waals surface area contributed by atoms with Crippen LogP contribution in [0.1, 0.15) is 18.3 Å². The Morgan fingerprint density at radius 3 is 2.58 bits per heavy atom. The van der Waals surface area contributed by atoms with Crippen molar-refractivity contribution in [2.45, 2.75) is 20.0 Å². The lowest BCUT2D eigenvalue weighted by atomic mass is 10.2. The van der Waals surface area contributed by atoms with Crippen LogP contribution in [0, 0.1) is 0 Å². The van der Waals surface area contributed by atoms with Crippen molar-refractivity contribution in [3.63, 3.8) is 0 Å². The monoisotopic (exact) mass is 444 g/mol. The Morgan fingerprint density at radius 2 is 2.04 bits per heavy atom. The van der Waals surface area contributed by atoms with E-state index in [2.05, 4.69) is 37.4 Å². The molecule has 0 fully saturated rings. The summed E-state index contributed by atoms with van der Waals surface area (Å²) in [5, 5.41) is 7.35. The maximum atomic E-state index is 5.46. The highest BCUT2D eigenvalue weighted by molar-refractivity contribution is 14.0. The van der Waals surface area contributed by atoms with Crippen LogP contribution in [0.15, 0.2) is 35.6 Å². The average Bonchev–Trinajstić information content (AvgIpc) is 2.95. The molecule has 1 aromatic carbocycles. The summed E-state index contributed by atoms with van der Waals surface area (Å²) in [6.07, 6.45) is 1.55. The topological polar surface area (TPSA) is 67.6 Å². The zero-order valence-electron chi connectivity index (χ0n) is 14.6. The largest absolute Gasteiger partial charge is 0.494 e. The van der Waals surface area contributed by atoms with Crippen molar-refractivity contribution >= 4 is 29.9 Å². The summed E-state index contributed by atoms with van der Waals surface area (Å²) in [6, 6.07) is 8.11. The number of hydrogen-bond acceptors (Lipinski definition) is 4. The molecule has 0 unspecified atom stereocenters. The van der Waals surface area contributed by atoms with Gasteiger partial charge in [-0.1, -0.05) is 12.1 Å². The van der Waals surface area contributed by atoms with Crippen LogP contribution in [-0.2, 0) is 20.1 Å². The second kappa shape index (κ2) is 10.1. The van der Waals surface area contributed by atoms with E-state index < -0.39 is 0 Å². The van der Waals surface area contributed by atoms with Crippen LogP contribution in [0.2, 0.25) is 0 Å². The summed E-state index contributed by atoms with van der Waals surface area (Å²) in [6.45, 7) is 3.99.